The molecule has 5 aromatic rings. The van der Waals surface area contributed by atoms with E-state index in [1.54, 1.807) is 7.11 Å². The molecule has 35 heavy (non-hydrogen) atoms. The van der Waals surface area contributed by atoms with Crippen LogP contribution in [0.2, 0.25) is 0 Å². The third-order valence-corrected chi connectivity index (χ3v) is 6.74. The molecule has 0 aliphatic carbocycles. The van der Waals surface area contributed by atoms with Crippen LogP contribution in [-0.4, -0.2) is 22.6 Å². The van der Waals surface area contributed by atoms with Crippen LogP contribution in [0.25, 0.3) is 22.4 Å². The fraction of sp³-hybridized carbons (Fsp3) is 0.133. The van der Waals surface area contributed by atoms with E-state index < -0.39 is 5.54 Å². The molecule has 0 spiro atoms. The first-order valence-corrected chi connectivity index (χ1v) is 11.6. The summed E-state index contributed by atoms with van der Waals surface area (Å²) < 4.78 is 13.1. The fourth-order valence-electron chi connectivity index (χ4n) is 5.32. The average molecular weight is 461 g/mol. The molecule has 4 aromatic carbocycles. The summed E-state index contributed by atoms with van der Waals surface area (Å²) in [4.78, 5) is 16.6. The van der Waals surface area contributed by atoms with Crippen molar-refractivity contribution >= 4 is 17.0 Å². The van der Waals surface area contributed by atoms with Gasteiger partial charge in [0.1, 0.15) is 22.9 Å². The van der Waals surface area contributed by atoms with Gasteiger partial charge in [0.2, 0.25) is 0 Å². The predicted octanol–water partition coefficient (Wildman–Crippen LogP) is 6.10. The lowest BCUT2D eigenvalue weighted by Crippen LogP contribution is -2.34. The zero-order valence-electron chi connectivity index (χ0n) is 19.8. The summed E-state index contributed by atoms with van der Waals surface area (Å²) in [6, 6.07) is 30.9. The standard InChI is InChI=1S/C30H24N2O3/c1-19-8-17-28-27(18-19)31-29-25-6-4-5-7-26(25)30(32(28)29,21-9-13-23(34-3)14-10-21)22-11-15-24(16-12-22)35-20(2)33/h4-18H,1-3H3. The molecule has 0 bridgehead atoms. The van der Waals surface area contributed by atoms with Crippen molar-refractivity contribution in [3.8, 4) is 22.9 Å². The molecule has 5 heteroatoms. The number of fused-ring (bicyclic) bond motifs is 5. The summed E-state index contributed by atoms with van der Waals surface area (Å²) in [5.41, 5.74) is 6.90. The number of benzene rings is 4. The molecular weight excluding hydrogens is 436 g/mol. The van der Waals surface area contributed by atoms with E-state index in [1.807, 2.05) is 36.4 Å². The lowest BCUT2D eigenvalue weighted by Gasteiger charge is -2.35. The highest BCUT2D eigenvalue weighted by atomic mass is 16.5. The van der Waals surface area contributed by atoms with E-state index in [-0.39, 0.29) is 5.97 Å². The number of hydrogen-bond acceptors (Lipinski definition) is 4. The van der Waals surface area contributed by atoms with Crippen LogP contribution in [0.4, 0.5) is 0 Å². The van der Waals surface area contributed by atoms with Crippen molar-refractivity contribution in [3.05, 3.63) is 113 Å². The van der Waals surface area contributed by atoms with Crippen molar-refractivity contribution in [2.24, 2.45) is 0 Å². The van der Waals surface area contributed by atoms with Gasteiger partial charge in [-0.3, -0.25) is 4.79 Å². The Morgan fingerprint density at radius 2 is 1.51 bits per heavy atom. The number of aryl methyl sites for hydroxylation is 1. The second-order valence-electron chi connectivity index (χ2n) is 8.87. The predicted molar refractivity (Wildman–Crippen MR) is 136 cm³/mol. The molecule has 0 fully saturated rings. The minimum Gasteiger partial charge on any atom is -0.497 e. The smallest absolute Gasteiger partial charge is 0.308 e. The molecule has 1 unspecified atom stereocenters. The molecule has 1 atom stereocenters. The summed E-state index contributed by atoms with van der Waals surface area (Å²) in [7, 11) is 1.67. The number of imidazole rings is 1. The Bertz CT molecular complexity index is 1580. The van der Waals surface area contributed by atoms with Crippen LogP contribution in [0.3, 0.4) is 0 Å². The monoisotopic (exact) mass is 460 g/mol. The molecule has 6 rings (SSSR count). The molecule has 1 aromatic heterocycles. The number of ether oxygens (including phenoxy) is 2. The SMILES string of the molecule is COc1ccc(C2(c3ccc(OC(C)=O)cc3)c3ccccc3-c3nc4cc(C)ccc4n32)cc1. The van der Waals surface area contributed by atoms with E-state index in [2.05, 4.69) is 66.1 Å². The molecule has 2 heterocycles. The largest absolute Gasteiger partial charge is 0.497 e. The van der Waals surface area contributed by atoms with Crippen LogP contribution < -0.4 is 9.47 Å². The third-order valence-electron chi connectivity index (χ3n) is 6.74. The molecule has 0 N–H and O–H groups in total. The van der Waals surface area contributed by atoms with Gasteiger partial charge in [0, 0.05) is 12.5 Å². The number of methoxy groups -OCH3 is 1. The number of rotatable bonds is 4. The Labute approximate surface area is 203 Å². The Kier molecular flexibility index (Phi) is 4.74. The molecule has 1 aliphatic rings. The van der Waals surface area contributed by atoms with Crippen molar-refractivity contribution in [3.63, 3.8) is 0 Å². The van der Waals surface area contributed by atoms with E-state index >= 15 is 0 Å². The van der Waals surface area contributed by atoms with Gasteiger partial charge in [0.05, 0.1) is 18.1 Å². The first kappa shape index (κ1) is 21.2. The first-order chi connectivity index (χ1) is 17.0. The maximum atomic E-state index is 11.5. The third kappa shape index (κ3) is 3.08. The van der Waals surface area contributed by atoms with Crippen molar-refractivity contribution in [2.45, 2.75) is 19.4 Å². The zero-order valence-corrected chi connectivity index (χ0v) is 19.8. The van der Waals surface area contributed by atoms with Crippen molar-refractivity contribution in [1.29, 1.82) is 0 Å². The van der Waals surface area contributed by atoms with Gasteiger partial charge in [-0.2, -0.15) is 0 Å². The Hall–Kier alpha value is -4.38. The van der Waals surface area contributed by atoms with Crippen molar-refractivity contribution < 1.29 is 14.3 Å². The summed E-state index contributed by atoms with van der Waals surface area (Å²) in [5.74, 6) is 1.91. The molecule has 172 valence electrons. The molecule has 0 saturated carbocycles. The zero-order chi connectivity index (χ0) is 24.2. The highest BCUT2D eigenvalue weighted by molar-refractivity contribution is 5.88. The lowest BCUT2D eigenvalue weighted by molar-refractivity contribution is -0.131. The number of carbonyl (C=O) groups is 1. The van der Waals surface area contributed by atoms with Crippen LogP contribution >= 0.6 is 0 Å². The van der Waals surface area contributed by atoms with Gasteiger partial charge >= 0.3 is 5.97 Å². The molecule has 1 aliphatic heterocycles. The van der Waals surface area contributed by atoms with E-state index in [1.165, 1.54) is 12.5 Å². The van der Waals surface area contributed by atoms with Gasteiger partial charge in [-0.25, -0.2) is 4.98 Å². The average Bonchev–Trinajstić information content (AvgIpc) is 3.37. The number of nitrogens with zero attached hydrogens (tertiary/aromatic N) is 2. The number of hydrogen-bond donors (Lipinski definition) is 0. The van der Waals surface area contributed by atoms with E-state index in [4.69, 9.17) is 14.5 Å². The van der Waals surface area contributed by atoms with Crippen molar-refractivity contribution in [1.82, 2.24) is 9.55 Å². The molecule has 0 radical (unpaired) electrons. The second kappa shape index (κ2) is 7.84. The van der Waals surface area contributed by atoms with Crippen LogP contribution in [0.15, 0.2) is 91.0 Å². The van der Waals surface area contributed by atoms with Crippen molar-refractivity contribution in [2.75, 3.05) is 7.11 Å². The number of aromatic nitrogens is 2. The normalized spacial score (nSPS) is 16.1. The van der Waals surface area contributed by atoms with Gasteiger partial charge in [-0.05, 0) is 65.6 Å². The van der Waals surface area contributed by atoms with E-state index in [0.29, 0.717) is 5.75 Å². The second-order valence-corrected chi connectivity index (χ2v) is 8.87. The molecule has 5 nitrogen and oxygen atoms in total. The van der Waals surface area contributed by atoms with Gasteiger partial charge in [-0.1, -0.05) is 54.6 Å². The van der Waals surface area contributed by atoms with Gasteiger partial charge in [0.15, 0.2) is 0 Å². The lowest BCUT2D eigenvalue weighted by atomic mass is 9.77. The Balaban J connectivity index is 1.72. The number of carbonyl (C=O) groups excluding carboxylic acids is 1. The summed E-state index contributed by atoms with van der Waals surface area (Å²) in [6.45, 7) is 3.49. The topological polar surface area (TPSA) is 53.4 Å². The maximum absolute atomic E-state index is 11.5. The number of esters is 1. The Morgan fingerprint density at radius 3 is 2.17 bits per heavy atom. The molecule has 0 saturated heterocycles. The van der Waals surface area contributed by atoms with Crippen LogP contribution in [-0.2, 0) is 10.3 Å². The minimum atomic E-state index is -0.670. The highest BCUT2D eigenvalue weighted by Gasteiger charge is 2.47. The van der Waals surface area contributed by atoms with Crippen LogP contribution in [0.1, 0.15) is 29.2 Å². The molecular formula is C30H24N2O3. The minimum absolute atomic E-state index is 0.341. The summed E-state index contributed by atoms with van der Waals surface area (Å²) >= 11 is 0. The van der Waals surface area contributed by atoms with E-state index in [0.717, 1.165) is 44.9 Å². The van der Waals surface area contributed by atoms with Gasteiger partial charge < -0.3 is 14.0 Å². The maximum Gasteiger partial charge on any atom is 0.308 e. The summed E-state index contributed by atoms with van der Waals surface area (Å²) in [5, 5.41) is 0. The summed E-state index contributed by atoms with van der Waals surface area (Å²) in [6.07, 6.45) is 0. The fourth-order valence-corrected chi connectivity index (χ4v) is 5.32. The Morgan fingerprint density at radius 1 is 0.857 bits per heavy atom. The highest BCUT2D eigenvalue weighted by Crippen LogP contribution is 2.53. The van der Waals surface area contributed by atoms with Gasteiger partial charge in [-0.15, -0.1) is 0 Å². The quantitative estimate of drug-likeness (QED) is 0.236. The molecule has 0 amide bonds. The van der Waals surface area contributed by atoms with Gasteiger partial charge in [0.25, 0.3) is 0 Å². The van der Waals surface area contributed by atoms with Crippen LogP contribution in [0.5, 0.6) is 11.5 Å². The van der Waals surface area contributed by atoms with E-state index in [9.17, 15) is 4.79 Å². The first-order valence-electron chi connectivity index (χ1n) is 11.6. The van der Waals surface area contributed by atoms with Crippen LogP contribution in [0, 0.1) is 6.92 Å².